The molecule has 2 fully saturated rings. The molecule has 0 amide bonds. The van der Waals surface area contributed by atoms with Gasteiger partial charge in [0.15, 0.2) is 0 Å². The minimum Gasteiger partial charge on any atom is -0.300 e. The van der Waals surface area contributed by atoms with Crippen molar-refractivity contribution in [2.45, 2.75) is 45.1 Å². The topological polar surface area (TPSA) is 3.24 Å². The van der Waals surface area contributed by atoms with Crippen molar-refractivity contribution in [3.63, 3.8) is 0 Å². The zero-order valence-electron chi connectivity index (χ0n) is 9.59. The third kappa shape index (κ3) is 2.27. The van der Waals surface area contributed by atoms with E-state index in [0.29, 0.717) is 5.41 Å². The lowest BCUT2D eigenvalue weighted by Gasteiger charge is -2.47. The fourth-order valence-corrected chi connectivity index (χ4v) is 4.08. The first kappa shape index (κ1) is 10.8. The zero-order chi connectivity index (χ0) is 10.0. The summed E-state index contributed by atoms with van der Waals surface area (Å²) in [5, 5.41) is 0. The molecule has 2 heterocycles. The van der Waals surface area contributed by atoms with Gasteiger partial charge < -0.3 is 0 Å². The van der Waals surface area contributed by atoms with Crippen LogP contribution in [0.3, 0.4) is 0 Å². The molecular formula is C12H23NS. The first-order valence-corrected chi connectivity index (χ1v) is 7.36. The predicted molar refractivity (Wildman–Crippen MR) is 64.9 cm³/mol. The monoisotopic (exact) mass is 213 g/mol. The van der Waals surface area contributed by atoms with Gasteiger partial charge in [-0.1, -0.05) is 13.3 Å². The van der Waals surface area contributed by atoms with E-state index in [1.165, 1.54) is 50.9 Å². The summed E-state index contributed by atoms with van der Waals surface area (Å²) in [6.07, 6.45) is 9.53. The molecule has 0 N–H and O–H groups in total. The highest BCUT2D eigenvalue weighted by Crippen LogP contribution is 2.37. The van der Waals surface area contributed by atoms with Crippen LogP contribution in [0.5, 0.6) is 0 Å². The van der Waals surface area contributed by atoms with Gasteiger partial charge in [0.2, 0.25) is 0 Å². The average molecular weight is 213 g/mol. The maximum atomic E-state index is 2.77. The standard InChI is InChI=1S/C12H23NS/c1-12(10-14-2)7-6-11-5-3-4-8-13(11)9-12/h11H,3-10H2,1-2H3/t11-,12-/m1/s1. The maximum Gasteiger partial charge on any atom is 0.00957 e. The smallest absolute Gasteiger partial charge is 0.00957 e. The van der Waals surface area contributed by atoms with Crippen molar-refractivity contribution in [1.29, 1.82) is 0 Å². The molecule has 82 valence electrons. The Morgan fingerprint density at radius 2 is 2.21 bits per heavy atom. The van der Waals surface area contributed by atoms with Crippen molar-refractivity contribution >= 4 is 11.8 Å². The van der Waals surface area contributed by atoms with Gasteiger partial charge in [-0.05, 0) is 49.7 Å². The number of thioether (sulfide) groups is 1. The SMILES string of the molecule is CSC[C@]1(C)CC[C@H]2CCCCN2C1. The Kier molecular flexibility index (Phi) is 3.43. The van der Waals surface area contributed by atoms with Crippen molar-refractivity contribution in [3.8, 4) is 0 Å². The number of rotatable bonds is 2. The molecule has 0 bridgehead atoms. The van der Waals surface area contributed by atoms with Crippen molar-refractivity contribution in [2.24, 2.45) is 5.41 Å². The van der Waals surface area contributed by atoms with E-state index in [1.807, 2.05) is 11.8 Å². The molecule has 2 aliphatic heterocycles. The van der Waals surface area contributed by atoms with Crippen LogP contribution in [0.1, 0.15) is 39.0 Å². The van der Waals surface area contributed by atoms with Crippen molar-refractivity contribution in [1.82, 2.24) is 4.90 Å². The molecule has 0 saturated carbocycles. The molecule has 0 aromatic heterocycles. The van der Waals surface area contributed by atoms with Crippen LogP contribution in [0.15, 0.2) is 0 Å². The molecule has 0 unspecified atom stereocenters. The predicted octanol–water partition coefficient (Wildman–Crippen LogP) is 3.00. The van der Waals surface area contributed by atoms with E-state index in [4.69, 9.17) is 0 Å². The fourth-order valence-electron chi connectivity index (χ4n) is 3.15. The zero-order valence-corrected chi connectivity index (χ0v) is 10.4. The van der Waals surface area contributed by atoms with E-state index in [2.05, 4.69) is 18.1 Å². The summed E-state index contributed by atoms with van der Waals surface area (Å²) in [6, 6.07) is 0.943. The Hall–Kier alpha value is 0.310. The number of hydrogen-bond donors (Lipinski definition) is 0. The highest BCUT2D eigenvalue weighted by Gasteiger charge is 2.36. The van der Waals surface area contributed by atoms with Gasteiger partial charge in [0, 0.05) is 12.6 Å². The lowest BCUT2D eigenvalue weighted by molar-refractivity contribution is 0.0411. The Balaban J connectivity index is 1.94. The van der Waals surface area contributed by atoms with Crippen LogP contribution in [-0.4, -0.2) is 36.0 Å². The second kappa shape index (κ2) is 4.44. The van der Waals surface area contributed by atoms with Gasteiger partial charge in [-0.25, -0.2) is 0 Å². The molecule has 0 spiro atoms. The van der Waals surface area contributed by atoms with E-state index >= 15 is 0 Å². The number of hydrogen-bond acceptors (Lipinski definition) is 2. The van der Waals surface area contributed by atoms with Crippen LogP contribution >= 0.6 is 11.8 Å². The Morgan fingerprint density at radius 3 is 3.00 bits per heavy atom. The highest BCUT2D eigenvalue weighted by atomic mass is 32.2. The molecule has 0 radical (unpaired) electrons. The third-order valence-corrected chi connectivity index (χ3v) is 4.89. The summed E-state index contributed by atoms with van der Waals surface area (Å²) in [5.41, 5.74) is 0.604. The van der Waals surface area contributed by atoms with Crippen molar-refractivity contribution in [2.75, 3.05) is 25.1 Å². The minimum absolute atomic E-state index is 0.604. The summed E-state index contributed by atoms with van der Waals surface area (Å²) in [7, 11) is 0. The first-order chi connectivity index (χ1) is 6.73. The third-order valence-electron chi connectivity index (χ3n) is 3.91. The molecule has 0 aliphatic carbocycles. The van der Waals surface area contributed by atoms with Crippen LogP contribution < -0.4 is 0 Å². The Labute approximate surface area is 92.6 Å². The van der Waals surface area contributed by atoms with Gasteiger partial charge >= 0.3 is 0 Å². The fraction of sp³-hybridized carbons (Fsp3) is 1.00. The lowest BCUT2D eigenvalue weighted by Crippen LogP contribution is -2.50. The van der Waals surface area contributed by atoms with Gasteiger partial charge in [-0.2, -0.15) is 11.8 Å². The van der Waals surface area contributed by atoms with Crippen molar-refractivity contribution < 1.29 is 0 Å². The maximum absolute atomic E-state index is 2.77. The van der Waals surface area contributed by atoms with Crippen LogP contribution in [0.4, 0.5) is 0 Å². The molecular weight excluding hydrogens is 190 g/mol. The highest BCUT2D eigenvalue weighted by molar-refractivity contribution is 7.98. The largest absolute Gasteiger partial charge is 0.300 e. The van der Waals surface area contributed by atoms with Crippen LogP contribution in [0.25, 0.3) is 0 Å². The lowest BCUT2D eigenvalue weighted by atomic mass is 9.78. The molecule has 2 rings (SSSR count). The molecule has 0 aromatic rings. The first-order valence-electron chi connectivity index (χ1n) is 5.96. The van der Waals surface area contributed by atoms with E-state index in [-0.39, 0.29) is 0 Å². The molecule has 2 aliphatic rings. The van der Waals surface area contributed by atoms with Gasteiger partial charge in [0.05, 0.1) is 0 Å². The number of fused-ring (bicyclic) bond motifs is 1. The van der Waals surface area contributed by atoms with Gasteiger partial charge in [-0.15, -0.1) is 0 Å². The van der Waals surface area contributed by atoms with E-state index in [1.54, 1.807) is 0 Å². The Bertz CT molecular complexity index is 195. The summed E-state index contributed by atoms with van der Waals surface area (Å²) in [5.74, 6) is 1.34. The Morgan fingerprint density at radius 1 is 1.36 bits per heavy atom. The van der Waals surface area contributed by atoms with E-state index in [0.717, 1.165) is 6.04 Å². The van der Waals surface area contributed by atoms with Gasteiger partial charge in [-0.3, -0.25) is 4.90 Å². The van der Waals surface area contributed by atoms with E-state index < -0.39 is 0 Å². The van der Waals surface area contributed by atoms with Crippen LogP contribution in [-0.2, 0) is 0 Å². The molecule has 0 aromatic carbocycles. The molecule has 2 atom stereocenters. The van der Waals surface area contributed by atoms with Gasteiger partial charge in [0.1, 0.15) is 0 Å². The second-order valence-electron chi connectivity index (χ2n) is 5.40. The van der Waals surface area contributed by atoms with E-state index in [9.17, 15) is 0 Å². The number of nitrogens with zero attached hydrogens (tertiary/aromatic N) is 1. The van der Waals surface area contributed by atoms with Crippen molar-refractivity contribution in [3.05, 3.63) is 0 Å². The second-order valence-corrected chi connectivity index (χ2v) is 6.27. The summed E-state index contributed by atoms with van der Waals surface area (Å²) < 4.78 is 0. The summed E-state index contributed by atoms with van der Waals surface area (Å²) in [6.45, 7) is 5.21. The van der Waals surface area contributed by atoms with Crippen LogP contribution in [0, 0.1) is 5.41 Å². The molecule has 1 nitrogen and oxygen atoms in total. The molecule has 2 heteroatoms. The average Bonchev–Trinajstić information content (AvgIpc) is 2.17. The number of piperidine rings is 2. The summed E-state index contributed by atoms with van der Waals surface area (Å²) >= 11 is 2.02. The molecule has 14 heavy (non-hydrogen) atoms. The van der Waals surface area contributed by atoms with Gasteiger partial charge in [0.25, 0.3) is 0 Å². The molecule has 2 saturated heterocycles. The minimum atomic E-state index is 0.604. The normalized spacial score (nSPS) is 39.4. The summed E-state index contributed by atoms with van der Waals surface area (Å²) in [4.78, 5) is 2.77. The quantitative estimate of drug-likeness (QED) is 0.694. The van der Waals surface area contributed by atoms with Crippen LogP contribution in [0.2, 0.25) is 0 Å².